The van der Waals surface area contributed by atoms with Crippen molar-refractivity contribution >= 4 is 5.91 Å². The van der Waals surface area contributed by atoms with Gasteiger partial charge in [-0.1, -0.05) is 26.7 Å². The van der Waals surface area contributed by atoms with Gasteiger partial charge in [-0.25, -0.2) is 5.84 Å². The van der Waals surface area contributed by atoms with E-state index in [4.69, 9.17) is 10.3 Å². The molecular weight excluding hydrogens is 266 g/mol. The summed E-state index contributed by atoms with van der Waals surface area (Å²) in [5, 5.41) is 0. The van der Waals surface area contributed by atoms with Crippen LogP contribution in [0.2, 0.25) is 0 Å². The number of carbonyl (C=O) groups excluding carboxylic acids is 1. The fourth-order valence-electron chi connectivity index (χ4n) is 3.16. The van der Waals surface area contributed by atoms with Crippen LogP contribution in [0.1, 0.15) is 61.4 Å². The number of hydrogen-bond donors (Lipinski definition) is 2. The second-order valence-electron chi connectivity index (χ2n) is 6.43. The maximum Gasteiger partial charge on any atom is 0.300 e. The Labute approximate surface area is 126 Å². The van der Waals surface area contributed by atoms with Crippen LogP contribution in [0.4, 0.5) is 0 Å². The predicted octanol–water partition coefficient (Wildman–Crippen LogP) is 2.59. The number of nitrogens with zero attached hydrogens (tertiary/aromatic N) is 1. The fourth-order valence-corrected chi connectivity index (χ4v) is 3.16. The number of hydrazine groups is 1. The molecule has 1 aliphatic carbocycles. The highest BCUT2D eigenvalue weighted by molar-refractivity contribution is 5.91. The van der Waals surface area contributed by atoms with Crippen molar-refractivity contribution in [3.05, 3.63) is 23.2 Å². The zero-order valence-corrected chi connectivity index (χ0v) is 13.3. The second kappa shape index (κ2) is 7.09. The normalized spacial score (nSPS) is 16.1. The first kappa shape index (κ1) is 16.0. The summed E-state index contributed by atoms with van der Waals surface area (Å²) in [5.74, 6) is 6.51. The molecule has 0 atom stereocenters. The molecule has 118 valence electrons. The molecule has 1 aromatic rings. The third kappa shape index (κ3) is 4.08. The molecule has 1 aromatic heterocycles. The molecule has 0 radical (unpaired) electrons. The Kier molecular flexibility index (Phi) is 5.42. The first-order chi connectivity index (χ1) is 10.0. The van der Waals surface area contributed by atoms with Crippen molar-refractivity contribution in [1.29, 1.82) is 0 Å². The molecule has 0 unspecified atom stereocenters. The topological polar surface area (TPSA) is 71.5 Å². The van der Waals surface area contributed by atoms with Crippen LogP contribution < -0.4 is 11.3 Å². The molecule has 1 saturated carbocycles. The lowest BCUT2D eigenvalue weighted by molar-refractivity contribution is 0.0924. The molecule has 0 aliphatic heterocycles. The van der Waals surface area contributed by atoms with Gasteiger partial charge in [0.25, 0.3) is 0 Å². The van der Waals surface area contributed by atoms with Crippen LogP contribution in [0.15, 0.2) is 10.5 Å². The highest BCUT2D eigenvalue weighted by Crippen LogP contribution is 2.27. The van der Waals surface area contributed by atoms with Gasteiger partial charge in [0.05, 0.1) is 0 Å². The van der Waals surface area contributed by atoms with Gasteiger partial charge in [0.1, 0.15) is 5.76 Å². The van der Waals surface area contributed by atoms with Crippen LogP contribution in [-0.4, -0.2) is 23.4 Å². The summed E-state index contributed by atoms with van der Waals surface area (Å²) in [4.78, 5) is 14.1. The third-order valence-corrected chi connectivity index (χ3v) is 4.19. The summed E-state index contributed by atoms with van der Waals surface area (Å²) in [6.07, 6.45) is 5.20. The van der Waals surface area contributed by atoms with Crippen molar-refractivity contribution in [2.45, 2.75) is 59.0 Å². The van der Waals surface area contributed by atoms with Crippen LogP contribution in [0.25, 0.3) is 0 Å². The van der Waals surface area contributed by atoms with Gasteiger partial charge in [-0.15, -0.1) is 0 Å². The maximum absolute atomic E-state index is 11.6. The summed E-state index contributed by atoms with van der Waals surface area (Å²) in [5.41, 5.74) is 3.20. The van der Waals surface area contributed by atoms with Gasteiger partial charge in [-0.3, -0.25) is 15.1 Å². The predicted molar refractivity (Wildman–Crippen MR) is 82.6 cm³/mol. The molecule has 1 amide bonds. The van der Waals surface area contributed by atoms with E-state index in [0.717, 1.165) is 24.4 Å². The lowest BCUT2D eigenvalue weighted by Crippen LogP contribution is -2.35. The Hall–Kier alpha value is -1.33. The Balaban J connectivity index is 2.11. The van der Waals surface area contributed by atoms with E-state index in [2.05, 4.69) is 24.2 Å². The van der Waals surface area contributed by atoms with Crippen molar-refractivity contribution in [3.8, 4) is 0 Å². The molecule has 2 rings (SSSR count). The van der Waals surface area contributed by atoms with E-state index in [1.165, 1.54) is 25.7 Å². The van der Waals surface area contributed by atoms with Crippen molar-refractivity contribution < 1.29 is 9.21 Å². The van der Waals surface area contributed by atoms with E-state index in [1.807, 2.05) is 13.0 Å². The zero-order chi connectivity index (χ0) is 15.4. The molecule has 3 N–H and O–H groups in total. The minimum Gasteiger partial charge on any atom is -0.456 e. The van der Waals surface area contributed by atoms with E-state index >= 15 is 0 Å². The van der Waals surface area contributed by atoms with Crippen molar-refractivity contribution in [2.75, 3.05) is 6.54 Å². The van der Waals surface area contributed by atoms with Gasteiger partial charge in [-0.2, -0.15) is 0 Å². The summed E-state index contributed by atoms with van der Waals surface area (Å²) < 4.78 is 5.52. The molecule has 1 aliphatic rings. The lowest BCUT2D eigenvalue weighted by Gasteiger charge is -2.30. The summed E-state index contributed by atoms with van der Waals surface area (Å²) in [6, 6.07) is 2.48. The number of rotatable bonds is 6. The lowest BCUT2D eigenvalue weighted by atomic mass is 10.1. The van der Waals surface area contributed by atoms with Gasteiger partial charge < -0.3 is 4.42 Å². The summed E-state index contributed by atoms with van der Waals surface area (Å²) >= 11 is 0. The first-order valence-corrected chi connectivity index (χ1v) is 7.85. The molecule has 0 aromatic carbocycles. The first-order valence-electron chi connectivity index (χ1n) is 7.85. The van der Waals surface area contributed by atoms with E-state index in [1.54, 1.807) is 0 Å². The Morgan fingerprint density at radius 1 is 1.48 bits per heavy atom. The van der Waals surface area contributed by atoms with Crippen molar-refractivity contribution in [1.82, 2.24) is 10.3 Å². The van der Waals surface area contributed by atoms with Crippen LogP contribution >= 0.6 is 0 Å². The second-order valence-corrected chi connectivity index (χ2v) is 6.43. The smallest absolute Gasteiger partial charge is 0.300 e. The Bertz CT molecular complexity index is 476. The monoisotopic (exact) mass is 293 g/mol. The number of aryl methyl sites for hydroxylation is 1. The summed E-state index contributed by atoms with van der Waals surface area (Å²) in [6.45, 7) is 8.32. The van der Waals surface area contributed by atoms with E-state index < -0.39 is 0 Å². The van der Waals surface area contributed by atoms with Crippen molar-refractivity contribution in [3.63, 3.8) is 0 Å². The van der Waals surface area contributed by atoms with Crippen LogP contribution in [0, 0.1) is 12.8 Å². The molecule has 1 heterocycles. The number of amides is 1. The molecule has 1 fully saturated rings. The largest absolute Gasteiger partial charge is 0.456 e. The van der Waals surface area contributed by atoms with Crippen LogP contribution in [-0.2, 0) is 6.54 Å². The minimum atomic E-state index is -0.374. The molecule has 5 nitrogen and oxygen atoms in total. The Morgan fingerprint density at radius 3 is 2.71 bits per heavy atom. The SMILES string of the molecule is Cc1oc(C(=O)NN)cc1CN(CC(C)C)C1CCCC1. The van der Waals surface area contributed by atoms with Crippen LogP contribution in [0.5, 0.6) is 0 Å². The average Bonchev–Trinajstić information content (AvgIpc) is 3.07. The molecule has 5 heteroatoms. The van der Waals surface area contributed by atoms with Gasteiger partial charge in [0.2, 0.25) is 0 Å². The highest BCUT2D eigenvalue weighted by Gasteiger charge is 2.25. The van der Waals surface area contributed by atoms with E-state index in [9.17, 15) is 4.79 Å². The third-order valence-electron chi connectivity index (χ3n) is 4.19. The maximum atomic E-state index is 11.6. The fraction of sp³-hybridized carbons (Fsp3) is 0.688. The molecular formula is C16H27N3O2. The molecule has 0 spiro atoms. The van der Waals surface area contributed by atoms with Gasteiger partial charge in [-0.05, 0) is 31.7 Å². The highest BCUT2D eigenvalue weighted by atomic mass is 16.4. The number of nitrogens with two attached hydrogens (primary N) is 1. The number of furan rings is 1. The number of nitrogens with one attached hydrogen (secondary N) is 1. The summed E-state index contributed by atoms with van der Waals surface area (Å²) in [7, 11) is 0. The quantitative estimate of drug-likeness (QED) is 0.480. The van der Waals surface area contributed by atoms with Gasteiger partial charge in [0.15, 0.2) is 5.76 Å². The van der Waals surface area contributed by atoms with Gasteiger partial charge >= 0.3 is 5.91 Å². The molecule has 0 saturated heterocycles. The van der Waals surface area contributed by atoms with E-state index in [0.29, 0.717) is 17.7 Å². The van der Waals surface area contributed by atoms with Gasteiger partial charge in [0, 0.05) is 24.7 Å². The van der Waals surface area contributed by atoms with Crippen LogP contribution in [0.3, 0.4) is 0 Å². The number of hydrogen-bond acceptors (Lipinski definition) is 4. The average molecular weight is 293 g/mol. The minimum absolute atomic E-state index is 0.293. The molecule has 0 bridgehead atoms. The van der Waals surface area contributed by atoms with E-state index in [-0.39, 0.29) is 5.91 Å². The number of carbonyl (C=O) groups is 1. The zero-order valence-electron chi connectivity index (χ0n) is 13.3. The molecule has 21 heavy (non-hydrogen) atoms. The van der Waals surface area contributed by atoms with Crippen molar-refractivity contribution in [2.24, 2.45) is 11.8 Å². The standard InChI is InChI=1S/C16H27N3O2/c1-11(2)9-19(14-6-4-5-7-14)10-13-8-15(16(20)18-17)21-12(13)3/h8,11,14H,4-7,9-10,17H2,1-3H3,(H,18,20). The number of nitrogen functional groups attached to an aromatic ring is 1. The Morgan fingerprint density at radius 2 is 2.14 bits per heavy atom.